The molecule has 86 valence electrons. The minimum Gasteiger partial charge on any atom is -0.480 e. The average molecular weight is 214 g/mol. The molecule has 1 aliphatic heterocycles. The number of carbonyl (C=O) groups is 2. The highest BCUT2D eigenvalue weighted by Gasteiger charge is 2.26. The Morgan fingerprint density at radius 1 is 1.73 bits per heavy atom. The molecule has 1 rings (SSSR count). The molecule has 1 heterocycles. The first-order valence-corrected chi connectivity index (χ1v) is 5.27. The first-order valence-electron chi connectivity index (χ1n) is 5.27. The van der Waals surface area contributed by atoms with Gasteiger partial charge in [-0.15, -0.1) is 0 Å². The van der Waals surface area contributed by atoms with Gasteiger partial charge in [0.05, 0.1) is 0 Å². The predicted molar refractivity (Wildman–Crippen MR) is 55.5 cm³/mol. The van der Waals surface area contributed by atoms with Gasteiger partial charge in [-0.05, 0) is 12.8 Å². The van der Waals surface area contributed by atoms with Crippen molar-refractivity contribution in [2.24, 2.45) is 0 Å². The Labute approximate surface area is 89.4 Å². The van der Waals surface area contributed by atoms with E-state index in [4.69, 9.17) is 5.11 Å². The van der Waals surface area contributed by atoms with Crippen molar-refractivity contribution >= 4 is 11.9 Å². The second-order valence-electron chi connectivity index (χ2n) is 3.98. The molecule has 1 fully saturated rings. The van der Waals surface area contributed by atoms with Crippen LogP contribution in [0.25, 0.3) is 0 Å². The van der Waals surface area contributed by atoms with Crippen LogP contribution in [0.15, 0.2) is 0 Å². The summed E-state index contributed by atoms with van der Waals surface area (Å²) in [7, 11) is 1.75. The van der Waals surface area contributed by atoms with Crippen molar-refractivity contribution in [3.63, 3.8) is 0 Å². The first kappa shape index (κ1) is 12.0. The molecule has 1 saturated heterocycles. The van der Waals surface area contributed by atoms with Crippen molar-refractivity contribution in [2.45, 2.75) is 38.3 Å². The maximum atomic E-state index is 11.2. The number of hydrogen-bond acceptors (Lipinski definition) is 3. The second kappa shape index (κ2) is 5.11. The Balaban J connectivity index is 2.45. The fraction of sp³-hybridized carbons (Fsp3) is 0.800. The summed E-state index contributed by atoms with van der Waals surface area (Å²) in [5.74, 6) is -0.687. The summed E-state index contributed by atoms with van der Waals surface area (Å²) in [5.41, 5.74) is 0. The predicted octanol–water partition coefficient (Wildman–Crippen LogP) is 0.0600. The van der Waals surface area contributed by atoms with Crippen molar-refractivity contribution < 1.29 is 14.7 Å². The highest BCUT2D eigenvalue weighted by atomic mass is 16.4. The molecule has 2 unspecified atom stereocenters. The van der Waals surface area contributed by atoms with E-state index in [-0.39, 0.29) is 11.9 Å². The number of carboxylic acids is 1. The van der Waals surface area contributed by atoms with Crippen LogP contribution >= 0.6 is 0 Å². The molecule has 0 spiro atoms. The number of nitrogens with zero attached hydrogens (tertiary/aromatic N) is 1. The van der Waals surface area contributed by atoms with Gasteiger partial charge in [-0.25, -0.2) is 0 Å². The standard InChI is InChI=1S/C10H18N2O3/c1-3-8(10(14)15)11-7-4-5-9(13)12(2)6-7/h7-8,11H,3-6H2,1-2H3,(H,14,15). The fourth-order valence-electron chi connectivity index (χ4n) is 1.80. The molecule has 2 N–H and O–H groups in total. The molecular weight excluding hydrogens is 196 g/mol. The molecule has 0 aromatic heterocycles. The third-order valence-corrected chi connectivity index (χ3v) is 2.77. The highest BCUT2D eigenvalue weighted by molar-refractivity contribution is 5.77. The number of likely N-dealkylation sites (tertiary alicyclic amines) is 1. The lowest BCUT2D eigenvalue weighted by atomic mass is 10.0. The summed E-state index contributed by atoms with van der Waals surface area (Å²) in [5, 5.41) is 11.9. The molecule has 0 aliphatic carbocycles. The quantitative estimate of drug-likeness (QED) is 0.694. The summed E-state index contributed by atoms with van der Waals surface area (Å²) in [6.45, 7) is 2.44. The van der Waals surface area contributed by atoms with Crippen LogP contribution in [-0.2, 0) is 9.59 Å². The van der Waals surface area contributed by atoms with Gasteiger partial charge in [-0.3, -0.25) is 14.9 Å². The van der Waals surface area contributed by atoms with E-state index in [9.17, 15) is 9.59 Å². The van der Waals surface area contributed by atoms with E-state index in [2.05, 4.69) is 5.32 Å². The number of nitrogens with one attached hydrogen (secondary N) is 1. The summed E-state index contributed by atoms with van der Waals surface area (Å²) in [4.78, 5) is 23.7. The van der Waals surface area contributed by atoms with Gasteiger partial charge in [-0.2, -0.15) is 0 Å². The number of carbonyl (C=O) groups excluding carboxylic acids is 1. The van der Waals surface area contributed by atoms with Crippen molar-refractivity contribution in [3.05, 3.63) is 0 Å². The fourth-order valence-corrected chi connectivity index (χ4v) is 1.80. The molecule has 5 heteroatoms. The van der Waals surface area contributed by atoms with Gasteiger partial charge in [0, 0.05) is 26.1 Å². The zero-order valence-electron chi connectivity index (χ0n) is 9.19. The van der Waals surface area contributed by atoms with Gasteiger partial charge < -0.3 is 10.0 Å². The molecule has 0 saturated carbocycles. The molecule has 0 aromatic carbocycles. The molecule has 0 aromatic rings. The highest BCUT2D eigenvalue weighted by Crippen LogP contribution is 2.10. The van der Waals surface area contributed by atoms with E-state index in [1.807, 2.05) is 6.92 Å². The Morgan fingerprint density at radius 2 is 2.40 bits per heavy atom. The number of rotatable bonds is 4. The number of piperidine rings is 1. The third kappa shape index (κ3) is 3.20. The average Bonchev–Trinajstić information content (AvgIpc) is 2.19. The minimum absolute atomic E-state index is 0.105. The van der Waals surface area contributed by atoms with E-state index in [1.54, 1.807) is 11.9 Å². The smallest absolute Gasteiger partial charge is 0.320 e. The van der Waals surface area contributed by atoms with Crippen LogP contribution in [0, 0.1) is 0 Å². The van der Waals surface area contributed by atoms with Crippen molar-refractivity contribution in [3.8, 4) is 0 Å². The SMILES string of the molecule is CCC(NC1CCC(=O)N(C)C1)C(=O)O. The van der Waals surface area contributed by atoms with E-state index in [0.29, 0.717) is 19.4 Å². The lowest BCUT2D eigenvalue weighted by Gasteiger charge is -2.31. The van der Waals surface area contributed by atoms with Crippen LogP contribution in [-0.4, -0.2) is 47.6 Å². The Hall–Kier alpha value is -1.10. The molecule has 0 bridgehead atoms. The Morgan fingerprint density at radius 3 is 2.87 bits per heavy atom. The monoisotopic (exact) mass is 214 g/mol. The molecule has 5 nitrogen and oxygen atoms in total. The molecule has 1 aliphatic rings. The van der Waals surface area contributed by atoms with Crippen molar-refractivity contribution in [1.82, 2.24) is 10.2 Å². The van der Waals surface area contributed by atoms with E-state index < -0.39 is 12.0 Å². The van der Waals surface area contributed by atoms with Crippen LogP contribution in [0.4, 0.5) is 0 Å². The summed E-state index contributed by atoms with van der Waals surface area (Å²) in [6.07, 6.45) is 1.79. The number of hydrogen-bond donors (Lipinski definition) is 2. The van der Waals surface area contributed by atoms with Gasteiger partial charge >= 0.3 is 5.97 Å². The van der Waals surface area contributed by atoms with Gasteiger partial charge in [0.25, 0.3) is 0 Å². The Bertz CT molecular complexity index is 255. The molecule has 15 heavy (non-hydrogen) atoms. The van der Waals surface area contributed by atoms with Crippen LogP contribution in [0.3, 0.4) is 0 Å². The zero-order chi connectivity index (χ0) is 11.4. The van der Waals surface area contributed by atoms with E-state index >= 15 is 0 Å². The van der Waals surface area contributed by atoms with Crippen LogP contribution in [0.5, 0.6) is 0 Å². The van der Waals surface area contributed by atoms with Crippen molar-refractivity contribution in [1.29, 1.82) is 0 Å². The zero-order valence-corrected chi connectivity index (χ0v) is 9.19. The normalized spacial score (nSPS) is 24.0. The number of likely N-dealkylation sites (N-methyl/N-ethyl adjacent to an activating group) is 1. The minimum atomic E-state index is -0.822. The van der Waals surface area contributed by atoms with Gasteiger partial charge in [-0.1, -0.05) is 6.92 Å². The summed E-state index contributed by atoms with van der Waals surface area (Å²) >= 11 is 0. The summed E-state index contributed by atoms with van der Waals surface area (Å²) in [6, 6.07) is -0.398. The molecular formula is C10H18N2O3. The van der Waals surface area contributed by atoms with Gasteiger partial charge in [0.15, 0.2) is 0 Å². The molecule has 0 radical (unpaired) electrons. The van der Waals surface area contributed by atoms with Crippen LogP contribution in [0.1, 0.15) is 26.2 Å². The van der Waals surface area contributed by atoms with Crippen molar-refractivity contribution in [2.75, 3.05) is 13.6 Å². The number of aliphatic carboxylic acids is 1. The van der Waals surface area contributed by atoms with Gasteiger partial charge in [0.2, 0.25) is 5.91 Å². The number of carboxylic acid groups (broad SMARTS) is 1. The van der Waals surface area contributed by atoms with E-state index in [0.717, 1.165) is 6.42 Å². The molecule has 1 amide bonds. The first-order chi connectivity index (χ1) is 7.04. The number of amides is 1. The van der Waals surface area contributed by atoms with Crippen LogP contribution < -0.4 is 5.32 Å². The maximum Gasteiger partial charge on any atom is 0.320 e. The lowest BCUT2D eigenvalue weighted by molar-refractivity contribution is -0.140. The maximum absolute atomic E-state index is 11.2. The molecule has 2 atom stereocenters. The largest absolute Gasteiger partial charge is 0.480 e. The lowest BCUT2D eigenvalue weighted by Crippen LogP contribution is -2.51. The van der Waals surface area contributed by atoms with Gasteiger partial charge in [0.1, 0.15) is 6.04 Å². The summed E-state index contributed by atoms with van der Waals surface area (Å²) < 4.78 is 0. The van der Waals surface area contributed by atoms with Crippen LogP contribution in [0.2, 0.25) is 0 Å². The van der Waals surface area contributed by atoms with E-state index in [1.165, 1.54) is 0 Å². The second-order valence-corrected chi connectivity index (χ2v) is 3.98. The third-order valence-electron chi connectivity index (χ3n) is 2.77. The topological polar surface area (TPSA) is 69.6 Å². The Kier molecular flexibility index (Phi) is 4.08.